The first-order valence-corrected chi connectivity index (χ1v) is 11.8. The van der Waals surface area contributed by atoms with E-state index in [2.05, 4.69) is 10.3 Å². The molecule has 0 radical (unpaired) electrons. The second-order valence-corrected chi connectivity index (χ2v) is 9.83. The Morgan fingerprint density at radius 1 is 1.00 bits per heavy atom. The van der Waals surface area contributed by atoms with Gasteiger partial charge < -0.3 is 5.32 Å². The van der Waals surface area contributed by atoms with Crippen LogP contribution < -0.4 is 5.32 Å². The first kappa shape index (κ1) is 24.5. The minimum Gasteiger partial charge on any atom is -0.324 e. The summed E-state index contributed by atoms with van der Waals surface area (Å²) in [6.07, 6.45) is 1.07. The van der Waals surface area contributed by atoms with Gasteiger partial charge in [0.2, 0.25) is 5.91 Å². The molecule has 1 heterocycles. The second kappa shape index (κ2) is 9.76. The highest BCUT2D eigenvalue weighted by Gasteiger charge is 2.42. The van der Waals surface area contributed by atoms with Crippen molar-refractivity contribution in [1.82, 2.24) is 4.98 Å². The van der Waals surface area contributed by atoms with Crippen LogP contribution in [0, 0.1) is 0 Å². The van der Waals surface area contributed by atoms with E-state index < -0.39 is 38.7 Å². The van der Waals surface area contributed by atoms with Gasteiger partial charge in [-0.2, -0.15) is 8.78 Å². The number of rotatable bonds is 8. The number of benzene rings is 2. The fourth-order valence-corrected chi connectivity index (χ4v) is 3.94. The number of halogens is 3. The number of carbonyl (C=O) groups excluding carboxylic acids is 2. The normalized spacial score (nSPS) is 11.8. The number of alkyl halides is 2. The quantitative estimate of drug-likeness (QED) is 0.461. The molecule has 1 N–H and O–H groups in total. The van der Waals surface area contributed by atoms with E-state index in [0.29, 0.717) is 5.56 Å². The second-order valence-electron chi connectivity index (χ2n) is 7.11. The Bertz CT molecular complexity index is 1260. The highest BCUT2D eigenvalue weighted by atomic mass is 35.5. The molecule has 0 fully saturated rings. The number of sulfone groups is 1. The molecule has 0 bridgehead atoms. The number of hydrogen-bond donors (Lipinski definition) is 1. The summed E-state index contributed by atoms with van der Waals surface area (Å²) in [7, 11) is -3.33. The lowest BCUT2D eigenvalue weighted by Crippen LogP contribution is -2.27. The van der Waals surface area contributed by atoms with Gasteiger partial charge in [0.05, 0.1) is 29.0 Å². The zero-order chi connectivity index (χ0) is 24.2. The van der Waals surface area contributed by atoms with Crippen molar-refractivity contribution in [2.45, 2.75) is 24.2 Å². The van der Waals surface area contributed by atoms with Crippen LogP contribution in [0.4, 0.5) is 14.5 Å². The number of pyridine rings is 1. The van der Waals surface area contributed by atoms with E-state index in [-0.39, 0.29) is 27.8 Å². The van der Waals surface area contributed by atoms with E-state index in [4.69, 9.17) is 11.6 Å². The molecule has 1 amide bonds. The van der Waals surface area contributed by atoms with Gasteiger partial charge in [-0.15, -0.1) is 0 Å². The van der Waals surface area contributed by atoms with Gasteiger partial charge in [-0.25, -0.2) is 8.42 Å². The van der Waals surface area contributed by atoms with E-state index in [0.717, 1.165) is 24.4 Å². The third kappa shape index (κ3) is 5.80. The monoisotopic (exact) mass is 492 g/mol. The van der Waals surface area contributed by atoms with Gasteiger partial charge in [0, 0.05) is 10.6 Å². The molecule has 10 heteroatoms. The molecule has 172 valence electrons. The predicted octanol–water partition coefficient (Wildman–Crippen LogP) is 4.68. The average Bonchev–Trinajstić information content (AvgIpc) is 2.79. The molecule has 0 saturated carbocycles. The number of ketones is 1. The molecule has 33 heavy (non-hydrogen) atoms. The van der Waals surface area contributed by atoms with E-state index in [9.17, 15) is 26.8 Å². The zero-order valence-electron chi connectivity index (χ0n) is 17.4. The van der Waals surface area contributed by atoms with E-state index in [1.165, 1.54) is 30.3 Å². The highest BCUT2D eigenvalue weighted by Crippen LogP contribution is 2.32. The van der Waals surface area contributed by atoms with Crippen LogP contribution >= 0.6 is 11.6 Å². The Morgan fingerprint density at radius 2 is 1.64 bits per heavy atom. The number of hydrogen-bond acceptors (Lipinski definition) is 5. The van der Waals surface area contributed by atoms with Crippen molar-refractivity contribution in [2.24, 2.45) is 0 Å². The number of Topliss-reactive ketones (excluding diaryl/α,β-unsaturated/α-hetero) is 1. The maximum Gasteiger partial charge on any atom is 0.336 e. The summed E-state index contributed by atoms with van der Waals surface area (Å²) in [5.74, 6) is -5.72. The molecule has 0 atom stereocenters. The third-order valence-corrected chi connectivity index (χ3v) is 6.80. The third-order valence-electron chi connectivity index (χ3n) is 4.80. The molecule has 3 aromatic rings. The standard InChI is InChI=1S/C23H19ClF2N2O4S/c1-2-33(31,32)19-10-3-15(4-11-19)13-21(29)28-18-9-12-20(27-14-18)22(30)23(25,26)16-5-7-17(24)8-6-16/h3-12,14H,2,13H2,1H3,(H,28,29). The smallest absolute Gasteiger partial charge is 0.324 e. The minimum atomic E-state index is -3.79. The van der Waals surface area contributed by atoms with Crippen molar-refractivity contribution >= 4 is 38.8 Å². The van der Waals surface area contributed by atoms with Crippen LogP contribution in [0.3, 0.4) is 0 Å². The van der Waals surface area contributed by atoms with Crippen LogP contribution in [0.5, 0.6) is 0 Å². The van der Waals surface area contributed by atoms with Gasteiger partial charge in [0.15, 0.2) is 9.84 Å². The van der Waals surface area contributed by atoms with Crippen molar-refractivity contribution < 1.29 is 26.8 Å². The SMILES string of the molecule is CCS(=O)(=O)c1ccc(CC(=O)Nc2ccc(C(=O)C(F)(F)c3ccc(Cl)cc3)nc2)cc1. The molecular weight excluding hydrogens is 474 g/mol. The molecule has 0 aliphatic heterocycles. The molecule has 0 aliphatic carbocycles. The van der Waals surface area contributed by atoms with Crippen LogP contribution in [-0.2, 0) is 27.0 Å². The maximum absolute atomic E-state index is 14.5. The number of nitrogens with zero attached hydrogens (tertiary/aromatic N) is 1. The van der Waals surface area contributed by atoms with Crippen LogP contribution in [0.2, 0.25) is 5.02 Å². The molecular formula is C23H19ClF2N2O4S. The number of carbonyl (C=O) groups is 2. The summed E-state index contributed by atoms with van der Waals surface area (Å²) in [6, 6.07) is 13.0. The number of anilines is 1. The summed E-state index contributed by atoms with van der Waals surface area (Å²) >= 11 is 5.70. The van der Waals surface area contributed by atoms with Crippen LogP contribution in [0.1, 0.15) is 28.5 Å². The number of nitrogens with one attached hydrogen (secondary N) is 1. The zero-order valence-corrected chi connectivity index (χ0v) is 19.0. The summed E-state index contributed by atoms with van der Waals surface area (Å²) < 4.78 is 52.7. The largest absolute Gasteiger partial charge is 0.336 e. The van der Waals surface area contributed by atoms with Gasteiger partial charge in [-0.05, 0) is 42.0 Å². The van der Waals surface area contributed by atoms with Gasteiger partial charge in [-0.3, -0.25) is 14.6 Å². The van der Waals surface area contributed by atoms with Crippen molar-refractivity contribution in [3.8, 4) is 0 Å². The summed E-state index contributed by atoms with van der Waals surface area (Å²) in [6.45, 7) is 1.54. The van der Waals surface area contributed by atoms with E-state index in [1.807, 2.05) is 0 Å². The predicted molar refractivity (Wildman–Crippen MR) is 120 cm³/mol. The van der Waals surface area contributed by atoms with Gasteiger partial charge in [0.25, 0.3) is 5.78 Å². The Balaban J connectivity index is 1.65. The van der Waals surface area contributed by atoms with Gasteiger partial charge in [0.1, 0.15) is 5.69 Å². The van der Waals surface area contributed by atoms with Gasteiger partial charge >= 0.3 is 5.92 Å². The Kier molecular flexibility index (Phi) is 7.24. The lowest BCUT2D eigenvalue weighted by molar-refractivity contribution is -0.115. The molecule has 0 spiro atoms. The average molecular weight is 493 g/mol. The van der Waals surface area contributed by atoms with Crippen molar-refractivity contribution in [2.75, 3.05) is 11.1 Å². The number of amides is 1. The first-order valence-electron chi connectivity index (χ1n) is 9.79. The van der Waals surface area contributed by atoms with Crippen molar-refractivity contribution in [3.63, 3.8) is 0 Å². The van der Waals surface area contributed by atoms with Gasteiger partial charge in [-0.1, -0.05) is 42.8 Å². The van der Waals surface area contributed by atoms with E-state index >= 15 is 0 Å². The Labute approximate surface area is 194 Å². The van der Waals surface area contributed by atoms with E-state index in [1.54, 1.807) is 19.1 Å². The topological polar surface area (TPSA) is 93.2 Å². The molecule has 3 rings (SSSR count). The Morgan fingerprint density at radius 3 is 2.18 bits per heavy atom. The lowest BCUT2D eigenvalue weighted by Gasteiger charge is -2.15. The molecule has 6 nitrogen and oxygen atoms in total. The summed E-state index contributed by atoms with van der Waals surface area (Å²) in [5, 5.41) is 2.82. The van der Waals surface area contributed by atoms with Crippen LogP contribution in [0.25, 0.3) is 0 Å². The van der Waals surface area contributed by atoms with Crippen LogP contribution in [-0.4, -0.2) is 30.8 Å². The molecule has 2 aromatic carbocycles. The summed E-state index contributed by atoms with van der Waals surface area (Å²) in [4.78, 5) is 28.5. The summed E-state index contributed by atoms with van der Waals surface area (Å²) in [5.41, 5.74) is -0.157. The maximum atomic E-state index is 14.5. The molecule has 0 saturated heterocycles. The van der Waals surface area contributed by atoms with Crippen molar-refractivity contribution in [1.29, 1.82) is 0 Å². The Hall–Kier alpha value is -3.17. The lowest BCUT2D eigenvalue weighted by atomic mass is 10.0. The minimum absolute atomic E-state index is 0.0238. The molecule has 0 aliphatic rings. The fraction of sp³-hybridized carbons (Fsp3) is 0.174. The number of aromatic nitrogens is 1. The highest BCUT2D eigenvalue weighted by molar-refractivity contribution is 7.91. The van der Waals surface area contributed by atoms with Crippen molar-refractivity contribution in [3.05, 3.63) is 88.7 Å². The molecule has 0 unspecified atom stereocenters. The van der Waals surface area contributed by atoms with Crippen LogP contribution in [0.15, 0.2) is 71.8 Å². The first-order chi connectivity index (χ1) is 15.5. The molecule has 1 aromatic heterocycles. The fourth-order valence-electron chi connectivity index (χ4n) is 2.93.